The summed E-state index contributed by atoms with van der Waals surface area (Å²) in [6.45, 7) is 7.14. The molecule has 2 N–H and O–H groups in total. The van der Waals surface area contributed by atoms with Gasteiger partial charge in [-0.3, -0.25) is 19.1 Å². The molecule has 0 spiro atoms. The highest BCUT2D eigenvalue weighted by molar-refractivity contribution is 6.02. The third-order valence-electron chi connectivity index (χ3n) is 6.87. The molecular formula is C26H35N5O4. The van der Waals surface area contributed by atoms with Crippen molar-refractivity contribution in [1.82, 2.24) is 25.3 Å². The number of nitrogens with zero attached hydrogens (tertiary/aromatic N) is 3. The average Bonchev–Trinajstić information content (AvgIpc) is 3.51. The molecular weight excluding hydrogens is 446 g/mol. The number of fused-ring (bicyclic) bond motifs is 1. The molecule has 0 unspecified atom stereocenters. The van der Waals surface area contributed by atoms with Crippen molar-refractivity contribution < 1.29 is 19.1 Å². The van der Waals surface area contributed by atoms with E-state index in [1.807, 2.05) is 38.1 Å². The minimum Gasteiger partial charge on any atom is -0.494 e. The van der Waals surface area contributed by atoms with E-state index < -0.39 is 5.54 Å². The van der Waals surface area contributed by atoms with Gasteiger partial charge in [-0.15, -0.1) is 0 Å². The van der Waals surface area contributed by atoms with Crippen LogP contribution in [0.15, 0.2) is 30.3 Å². The zero-order valence-corrected chi connectivity index (χ0v) is 20.8. The minimum absolute atomic E-state index is 0.151. The fraction of sp³-hybridized carbons (Fsp3) is 0.538. The van der Waals surface area contributed by atoms with Crippen LogP contribution in [0.25, 0.3) is 0 Å². The molecule has 0 bridgehead atoms. The molecule has 1 saturated carbocycles. The Balaban J connectivity index is 1.52. The molecule has 1 atom stereocenters. The SMILES string of the molecule is CCCN1C(=O)c2cc(C(=O)NCc3ccccc3OCC)nn2C[C@@]1(C)C(=O)NC1CCCC1. The summed E-state index contributed by atoms with van der Waals surface area (Å²) >= 11 is 0. The fourth-order valence-corrected chi connectivity index (χ4v) is 4.95. The number of carbonyl (C=O) groups is 3. The minimum atomic E-state index is -1.07. The zero-order chi connectivity index (χ0) is 25.0. The average molecular weight is 482 g/mol. The van der Waals surface area contributed by atoms with Crippen molar-refractivity contribution in [2.75, 3.05) is 13.2 Å². The highest BCUT2D eigenvalue weighted by Gasteiger charge is 2.48. The third-order valence-corrected chi connectivity index (χ3v) is 6.87. The van der Waals surface area contributed by atoms with Crippen LogP contribution in [-0.4, -0.2) is 57.1 Å². The van der Waals surface area contributed by atoms with E-state index in [2.05, 4.69) is 15.7 Å². The van der Waals surface area contributed by atoms with Crippen LogP contribution in [0, 0.1) is 0 Å². The van der Waals surface area contributed by atoms with Gasteiger partial charge in [0, 0.05) is 30.8 Å². The van der Waals surface area contributed by atoms with Crippen LogP contribution in [0.1, 0.15) is 79.4 Å². The van der Waals surface area contributed by atoms with Crippen molar-refractivity contribution in [3.8, 4) is 5.75 Å². The number of hydrogen-bond donors (Lipinski definition) is 2. The maximum Gasteiger partial charge on any atom is 0.273 e. The number of rotatable bonds is 9. The Bertz CT molecular complexity index is 1090. The summed E-state index contributed by atoms with van der Waals surface area (Å²) in [5.74, 6) is -0.111. The molecule has 1 fully saturated rings. The monoisotopic (exact) mass is 481 g/mol. The van der Waals surface area contributed by atoms with Crippen LogP contribution in [0.2, 0.25) is 0 Å². The largest absolute Gasteiger partial charge is 0.494 e. The molecule has 1 aliphatic heterocycles. The lowest BCUT2D eigenvalue weighted by atomic mass is 9.94. The molecule has 1 aromatic heterocycles. The topological polar surface area (TPSA) is 106 Å². The smallest absolute Gasteiger partial charge is 0.273 e. The van der Waals surface area contributed by atoms with Gasteiger partial charge in [0.05, 0.1) is 13.2 Å². The Kier molecular flexibility index (Phi) is 7.42. The molecule has 9 nitrogen and oxygen atoms in total. The van der Waals surface area contributed by atoms with Crippen molar-refractivity contribution >= 4 is 17.7 Å². The summed E-state index contributed by atoms with van der Waals surface area (Å²) in [4.78, 5) is 41.3. The summed E-state index contributed by atoms with van der Waals surface area (Å²) in [6.07, 6.45) is 4.87. The van der Waals surface area contributed by atoms with Crippen molar-refractivity contribution in [1.29, 1.82) is 0 Å². The highest BCUT2D eigenvalue weighted by atomic mass is 16.5. The van der Waals surface area contributed by atoms with Crippen LogP contribution in [0.5, 0.6) is 5.75 Å². The maximum absolute atomic E-state index is 13.4. The zero-order valence-electron chi connectivity index (χ0n) is 20.8. The number of para-hydroxylation sites is 1. The molecule has 0 saturated heterocycles. The first-order chi connectivity index (χ1) is 16.9. The summed E-state index contributed by atoms with van der Waals surface area (Å²) < 4.78 is 7.13. The fourth-order valence-electron chi connectivity index (χ4n) is 4.95. The Morgan fingerprint density at radius 2 is 1.94 bits per heavy atom. The Morgan fingerprint density at radius 1 is 1.20 bits per heavy atom. The second-order valence-electron chi connectivity index (χ2n) is 9.48. The van der Waals surface area contributed by atoms with Crippen LogP contribution < -0.4 is 15.4 Å². The molecule has 9 heteroatoms. The van der Waals surface area contributed by atoms with Gasteiger partial charge in [0.15, 0.2) is 5.69 Å². The van der Waals surface area contributed by atoms with Crippen LogP contribution in [0.3, 0.4) is 0 Å². The first-order valence-corrected chi connectivity index (χ1v) is 12.6. The number of benzene rings is 1. The van der Waals surface area contributed by atoms with E-state index >= 15 is 0 Å². The summed E-state index contributed by atoms with van der Waals surface area (Å²) in [5.41, 5.74) is 0.260. The second-order valence-corrected chi connectivity index (χ2v) is 9.48. The van der Waals surface area contributed by atoms with E-state index in [1.165, 1.54) is 10.7 Å². The molecule has 1 aliphatic carbocycles. The molecule has 4 rings (SSSR count). The predicted molar refractivity (Wildman–Crippen MR) is 131 cm³/mol. The van der Waals surface area contributed by atoms with Gasteiger partial charge in [0.1, 0.15) is 17.0 Å². The van der Waals surface area contributed by atoms with E-state index in [9.17, 15) is 14.4 Å². The van der Waals surface area contributed by atoms with Gasteiger partial charge in [-0.1, -0.05) is 38.0 Å². The first kappa shape index (κ1) is 24.8. The quantitative estimate of drug-likeness (QED) is 0.573. The van der Waals surface area contributed by atoms with Gasteiger partial charge in [-0.25, -0.2) is 0 Å². The van der Waals surface area contributed by atoms with Gasteiger partial charge < -0.3 is 20.3 Å². The van der Waals surface area contributed by atoms with Gasteiger partial charge in [0.2, 0.25) is 5.91 Å². The van der Waals surface area contributed by atoms with E-state index in [0.717, 1.165) is 37.7 Å². The van der Waals surface area contributed by atoms with Crippen LogP contribution in [0.4, 0.5) is 0 Å². The first-order valence-electron chi connectivity index (χ1n) is 12.6. The van der Waals surface area contributed by atoms with Gasteiger partial charge in [0.25, 0.3) is 11.8 Å². The number of ether oxygens (including phenoxy) is 1. The molecule has 2 heterocycles. The Labute approximate surface area is 206 Å². The highest BCUT2D eigenvalue weighted by Crippen LogP contribution is 2.29. The molecule has 1 aromatic carbocycles. The van der Waals surface area contributed by atoms with Crippen LogP contribution >= 0.6 is 0 Å². The number of amides is 3. The molecule has 2 aromatic rings. The Morgan fingerprint density at radius 3 is 2.66 bits per heavy atom. The van der Waals surface area contributed by atoms with Crippen LogP contribution in [-0.2, 0) is 17.9 Å². The number of aromatic nitrogens is 2. The molecule has 2 aliphatic rings. The molecule has 35 heavy (non-hydrogen) atoms. The predicted octanol–water partition coefficient (Wildman–Crippen LogP) is 2.90. The number of hydrogen-bond acceptors (Lipinski definition) is 5. The standard InChI is InChI=1S/C26H35N5O4/c1-4-14-30-24(33)21-15-20(23(32)27-16-18-10-6-9-13-22(18)35-5-2)29-31(21)17-26(30,3)25(34)28-19-11-7-8-12-19/h6,9-10,13,15,19H,4-5,7-8,11-12,14,16-17H2,1-3H3,(H,27,32)(H,28,34)/t26-/m0/s1. The van der Waals surface area contributed by atoms with Crippen molar-refractivity contribution in [3.05, 3.63) is 47.3 Å². The van der Waals surface area contributed by atoms with E-state index in [1.54, 1.807) is 11.8 Å². The van der Waals surface area contributed by atoms with Crippen molar-refractivity contribution in [3.63, 3.8) is 0 Å². The molecule has 0 radical (unpaired) electrons. The third kappa shape index (κ3) is 5.04. The van der Waals surface area contributed by atoms with E-state index in [-0.39, 0.29) is 42.5 Å². The number of nitrogens with one attached hydrogen (secondary N) is 2. The normalized spacial score (nSPS) is 20.0. The maximum atomic E-state index is 13.4. The van der Waals surface area contributed by atoms with Crippen molar-refractivity contribution in [2.45, 2.75) is 77.5 Å². The Hall–Kier alpha value is -3.36. The summed E-state index contributed by atoms with van der Waals surface area (Å²) in [7, 11) is 0. The summed E-state index contributed by atoms with van der Waals surface area (Å²) in [6, 6.07) is 9.19. The molecule has 3 amide bonds. The lowest BCUT2D eigenvalue weighted by Crippen LogP contribution is -2.65. The lowest BCUT2D eigenvalue weighted by Gasteiger charge is -2.43. The second kappa shape index (κ2) is 10.5. The van der Waals surface area contributed by atoms with Gasteiger partial charge in [-0.2, -0.15) is 5.10 Å². The van der Waals surface area contributed by atoms with E-state index in [4.69, 9.17) is 4.74 Å². The van der Waals surface area contributed by atoms with Crippen molar-refractivity contribution in [2.24, 2.45) is 0 Å². The lowest BCUT2D eigenvalue weighted by molar-refractivity contribution is -0.133. The summed E-state index contributed by atoms with van der Waals surface area (Å²) in [5, 5.41) is 10.4. The van der Waals surface area contributed by atoms with E-state index in [0.29, 0.717) is 24.6 Å². The molecule has 188 valence electrons. The van der Waals surface area contributed by atoms with Gasteiger partial charge >= 0.3 is 0 Å². The van der Waals surface area contributed by atoms with Gasteiger partial charge in [-0.05, 0) is 39.2 Å². The number of carbonyl (C=O) groups excluding carboxylic acids is 3.